The van der Waals surface area contributed by atoms with E-state index >= 15 is 0 Å². The van der Waals surface area contributed by atoms with Crippen LogP contribution in [-0.2, 0) is 11.2 Å². The quantitative estimate of drug-likeness (QED) is 0.839. The van der Waals surface area contributed by atoms with E-state index in [0.717, 1.165) is 5.56 Å². The lowest BCUT2D eigenvalue weighted by Gasteiger charge is -2.15. The first-order chi connectivity index (χ1) is 8.06. The van der Waals surface area contributed by atoms with E-state index in [2.05, 4.69) is 26.0 Å². The first-order valence-electron chi connectivity index (χ1n) is 6.08. The molecule has 1 N–H and O–H groups in total. The molecule has 1 aromatic carbocycles. The number of carbonyl (C=O) groups is 1. The molecule has 3 nitrogen and oxygen atoms in total. The Bertz CT molecular complexity index is 428. The van der Waals surface area contributed by atoms with Crippen LogP contribution in [0.15, 0.2) is 18.2 Å². The first kappa shape index (κ1) is 12.1. The number of benzene rings is 1. The van der Waals surface area contributed by atoms with Gasteiger partial charge in [-0.25, -0.2) is 0 Å². The average molecular weight is 233 g/mol. The number of aliphatic hydroxyl groups excluding tert-OH is 1. The fourth-order valence-electron chi connectivity index (χ4n) is 2.17. The maximum absolute atomic E-state index is 12.0. The Balaban J connectivity index is 2.00. The second-order valence-corrected chi connectivity index (χ2v) is 4.88. The molecular weight excluding hydrogens is 214 g/mol. The Kier molecular flexibility index (Phi) is 3.48. The Morgan fingerprint density at radius 2 is 2.18 bits per heavy atom. The topological polar surface area (TPSA) is 40.5 Å². The van der Waals surface area contributed by atoms with Gasteiger partial charge in [-0.2, -0.15) is 0 Å². The number of β-amino-alcohol motifs (C(OH)–C–C–N with tert-alkyl or cyclic N) is 1. The minimum absolute atomic E-state index is 0.116. The molecular formula is C14H19NO2. The van der Waals surface area contributed by atoms with E-state index in [0.29, 0.717) is 25.9 Å². The minimum Gasteiger partial charge on any atom is -0.391 e. The molecule has 1 aliphatic heterocycles. The molecule has 17 heavy (non-hydrogen) atoms. The molecule has 0 radical (unpaired) electrons. The van der Waals surface area contributed by atoms with Crippen molar-refractivity contribution < 1.29 is 9.90 Å². The van der Waals surface area contributed by atoms with Gasteiger partial charge in [-0.05, 0) is 37.0 Å². The number of likely N-dealkylation sites (tertiary alicyclic amines) is 1. The molecule has 0 spiro atoms. The minimum atomic E-state index is -0.335. The molecule has 2 rings (SSSR count). The van der Waals surface area contributed by atoms with Crippen LogP contribution in [0.2, 0.25) is 0 Å². The van der Waals surface area contributed by atoms with Crippen molar-refractivity contribution in [3.05, 3.63) is 34.9 Å². The molecule has 1 aliphatic rings. The van der Waals surface area contributed by atoms with Crippen LogP contribution in [0.4, 0.5) is 0 Å². The van der Waals surface area contributed by atoms with Crippen LogP contribution in [0.25, 0.3) is 0 Å². The molecule has 92 valence electrons. The zero-order valence-electron chi connectivity index (χ0n) is 10.4. The molecule has 0 bridgehead atoms. The smallest absolute Gasteiger partial charge is 0.227 e. The number of aryl methyl sites for hydroxylation is 2. The molecule has 1 aromatic rings. The van der Waals surface area contributed by atoms with Crippen LogP contribution in [0.3, 0.4) is 0 Å². The van der Waals surface area contributed by atoms with E-state index in [1.807, 2.05) is 6.07 Å². The molecule has 1 amide bonds. The number of nitrogens with zero attached hydrogens (tertiary/aromatic N) is 1. The van der Waals surface area contributed by atoms with Gasteiger partial charge in [0.25, 0.3) is 0 Å². The summed E-state index contributed by atoms with van der Waals surface area (Å²) in [6.45, 7) is 5.30. The van der Waals surface area contributed by atoms with Gasteiger partial charge in [0.15, 0.2) is 0 Å². The van der Waals surface area contributed by atoms with Crippen LogP contribution in [0.5, 0.6) is 0 Å². The van der Waals surface area contributed by atoms with E-state index in [9.17, 15) is 9.90 Å². The Morgan fingerprint density at radius 3 is 2.76 bits per heavy atom. The van der Waals surface area contributed by atoms with Gasteiger partial charge in [-0.3, -0.25) is 4.79 Å². The summed E-state index contributed by atoms with van der Waals surface area (Å²) in [7, 11) is 0. The maximum atomic E-state index is 12.0. The van der Waals surface area contributed by atoms with E-state index in [4.69, 9.17) is 0 Å². The van der Waals surface area contributed by atoms with Gasteiger partial charge in [-0.15, -0.1) is 0 Å². The third kappa shape index (κ3) is 2.86. The lowest BCUT2D eigenvalue weighted by molar-refractivity contribution is -0.129. The Labute approximate surface area is 102 Å². The molecule has 0 aliphatic carbocycles. The van der Waals surface area contributed by atoms with Gasteiger partial charge in [0.05, 0.1) is 12.5 Å². The molecule has 3 heteroatoms. The highest BCUT2D eigenvalue weighted by atomic mass is 16.3. The maximum Gasteiger partial charge on any atom is 0.227 e. The van der Waals surface area contributed by atoms with Gasteiger partial charge in [0.2, 0.25) is 5.91 Å². The third-order valence-corrected chi connectivity index (χ3v) is 3.44. The third-order valence-electron chi connectivity index (χ3n) is 3.44. The Morgan fingerprint density at radius 1 is 1.41 bits per heavy atom. The summed E-state index contributed by atoms with van der Waals surface area (Å²) < 4.78 is 0. The predicted octanol–water partition coefficient (Wildman–Crippen LogP) is 1.44. The summed E-state index contributed by atoms with van der Waals surface area (Å²) in [6, 6.07) is 6.13. The van der Waals surface area contributed by atoms with Gasteiger partial charge >= 0.3 is 0 Å². The second-order valence-electron chi connectivity index (χ2n) is 4.88. The van der Waals surface area contributed by atoms with E-state index in [1.54, 1.807) is 4.90 Å². The monoisotopic (exact) mass is 233 g/mol. The van der Waals surface area contributed by atoms with Crippen LogP contribution in [0, 0.1) is 13.8 Å². The number of carbonyl (C=O) groups excluding carboxylic acids is 1. The van der Waals surface area contributed by atoms with Crippen LogP contribution in [0.1, 0.15) is 23.1 Å². The Hall–Kier alpha value is -1.35. The van der Waals surface area contributed by atoms with Gasteiger partial charge in [0.1, 0.15) is 0 Å². The summed E-state index contributed by atoms with van der Waals surface area (Å²) in [5.41, 5.74) is 3.52. The lowest BCUT2D eigenvalue weighted by Crippen LogP contribution is -2.30. The van der Waals surface area contributed by atoms with Crippen LogP contribution in [-0.4, -0.2) is 35.1 Å². The molecule has 0 aromatic heterocycles. The molecule has 1 saturated heterocycles. The molecule has 0 unspecified atom stereocenters. The zero-order valence-corrected chi connectivity index (χ0v) is 10.4. The fraction of sp³-hybridized carbons (Fsp3) is 0.500. The highest BCUT2D eigenvalue weighted by Gasteiger charge is 2.24. The van der Waals surface area contributed by atoms with Crippen molar-refractivity contribution in [3.63, 3.8) is 0 Å². The van der Waals surface area contributed by atoms with E-state index < -0.39 is 0 Å². The highest BCUT2D eigenvalue weighted by molar-refractivity contribution is 5.79. The summed E-state index contributed by atoms with van der Waals surface area (Å²) >= 11 is 0. The van der Waals surface area contributed by atoms with Gasteiger partial charge < -0.3 is 10.0 Å². The fourth-order valence-corrected chi connectivity index (χ4v) is 2.17. The van der Waals surface area contributed by atoms with Crippen molar-refractivity contribution in [3.8, 4) is 0 Å². The summed E-state index contributed by atoms with van der Waals surface area (Å²) in [6.07, 6.45) is 0.811. The van der Waals surface area contributed by atoms with Crippen molar-refractivity contribution in [2.45, 2.75) is 32.8 Å². The van der Waals surface area contributed by atoms with Crippen molar-refractivity contribution >= 4 is 5.91 Å². The number of rotatable bonds is 2. The van der Waals surface area contributed by atoms with Crippen molar-refractivity contribution in [2.24, 2.45) is 0 Å². The largest absolute Gasteiger partial charge is 0.391 e. The second kappa shape index (κ2) is 4.88. The van der Waals surface area contributed by atoms with Crippen molar-refractivity contribution in [2.75, 3.05) is 13.1 Å². The lowest BCUT2D eigenvalue weighted by atomic mass is 10.0. The summed E-state index contributed by atoms with van der Waals surface area (Å²) in [5, 5.41) is 9.40. The number of hydrogen-bond donors (Lipinski definition) is 1. The molecule has 0 saturated carbocycles. The first-order valence-corrected chi connectivity index (χ1v) is 6.08. The summed E-state index contributed by atoms with van der Waals surface area (Å²) in [5.74, 6) is 0.116. The van der Waals surface area contributed by atoms with E-state index in [-0.39, 0.29) is 12.0 Å². The van der Waals surface area contributed by atoms with Crippen molar-refractivity contribution in [1.29, 1.82) is 0 Å². The molecule has 1 atom stereocenters. The SMILES string of the molecule is Cc1ccc(CC(=O)N2CC[C@H](O)C2)cc1C. The van der Waals surface area contributed by atoms with Gasteiger partial charge in [-0.1, -0.05) is 18.2 Å². The predicted molar refractivity (Wildman–Crippen MR) is 66.8 cm³/mol. The van der Waals surface area contributed by atoms with Crippen molar-refractivity contribution in [1.82, 2.24) is 4.90 Å². The summed E-state index contributed by atoms with van der Waals surface area (Å²) in [4.78, 5) is 13.7. The standard InChI is InChI=1S/C14H19NO2/c1-10-3-4-12(7-11(10)2)8-14(17)15-6-5-13(16)9-15/h3-4,7,13,16H,5-6,8-9H2,1-2H3/t13-/m0/s1. The average Bonchev–Trinajstić information content (AvgIpc) is 2.70. The number of amides is 1. The molecule has 1 fully saturated rings. The van der Waals surface area contributed by atoms with Crippen LogP contribution >= 0.6 is 0 Å². The zero-order chi connectivity index (χ0) is 12.4. The van der Waals surface area contributed by atoms with Crippen LogP contribution < -0.4 is 0 Å². The number of aliphatic hydroxyl groups is 1. The normalized spacial score (nSPS) is 19.7. The van der Waals surface area contributed by atoms with E-state index in [1.165, 1.54) is 11.1 Å². The number of hydrogen-bond acceptors (Lipinski definition) is 2. The molecule has 1 heterocycles. The highest BCUT2D eigenvalue weighted by Crippen LogP contribution is 2.14. The van der Waals surface area contributed by atoms with Gasteiger partial charge in [0, 0.05) is 13.1 Å².